The number of hydrogen-bond acceptors (Lipinski definition) is 5. The highest BCUT2D eigenvalue weighted by Gasteiger charge is 2.24. The SMILES string of the molecule is Cc1cccc(NC(=O)CSCC(=O)NCC(C(C)C)N2CCOCC2)c1. The number of amides is 2. The summed E-state index contributed by atoms with van der Waals surface area (Å²) < 4.78 is 5.41. The standard InChI is InChI=1S/C20H31N3O3S/c1-15(2)18(23-7-9-26-10-8-23)12-21-19(24)13-27-14-20(25)22-17-6-4-5-16(3)11-17/h4-6,11,15,18H,7-10,12-14H2,1-3H3,(H,21,24)(H,22,25). The lowest BCUT2D eigenvalue weighted by atomic mass is 10.0. The van der Waals surface area contributed by atoms with Crippen molar-refractivity contribution >= 4 is 29.3 Å². The summed E-state index contributed by atoms with van der Waals surface area (Å²) in [6, 6.07) is 7.99. The Bertz CT molecular complexity index is 618. The van der Waals surface area contributed by atoms with E-state index in [1.54, 1.807) is 0 Å². The average molecular weight is 394 g/mol. The van der Waals surface area contributed by atoms with Crippen LogP contribution >= 0.6 is 11.8 Å². The normalized spacial score (nSPS) is 16.1. The summed E-state index contributed by atoms with van der Waals surface area (Å²) in [5, 5.41) is 5.87. The molecule has 150 valence electrons. The van der Waals surface area contributed by atoms with E-state index >= 15 is 0 Å². The summed E-state index contributed by atoms with van der Waals surface area (Å²) in [4.78, 5) is 26.5. The number of aryl methyl sites for hydroxylation is 1. The second-order valence-corrected chi connectivity index (χ2v) is 8.16. The Labute approximate surface area is 166 Å². The zero-order valence-corrected chi connectivity index (χ0v) is 17.3. The van der Waals surface area contributed by atoms with Crippen molar-refractivity contribution in [3.05, 3.63) is 29.8 Å². The average Bonchev–Trinajstić information content (AvgIpc) is 2.62. The smallest absolute Gasteiger partial charge is 0.234 e. The van der Waals surface area contributed by atoms with E-state index in [1.807, 2.05) is 31.2 Å². The van der Waals surface area contributed by atoms with Crippen molar-refractivity contribution in [2.75, 3.05) is 49.7 Å². The maximum atomic E-state index is 12.1. The highest BCUT2D eigenvalue weighted by Crippen LogP contribution is 2.13. The second-order valence-electron chi connectivity index (χ2n) is 7.17. The number of anilines is 1. The van der Waals surface area contributed by atoms with Gasteiger partial charge in [-0.3, -0.25) is 14.5 Å². The number of thioether (sulfide) groups is 1. The van der Waals surface area contributed by atoms with E-state index < -0.39 is 0 Å². The molecule has 0 saturated carbocycles. The first-order chi connectivity index (χ1) is 13.0. The minimum atomic E-state index is -0.0910. The third kappa shape index (κ3) is 7.91. The molecule has 2 rings (SSSR count). The van der Waals surface area contributed by atoms with E-state index in [0.29, 0.717) is 18.5 Å². The maximum Gasteiger partial charge on any atom is 0.234 e. The number of morpholine rings is 1. The Kier molecular flexibility index (Phi) is 9.10. The number of hydrogen-bond donors (Lipinski definition) is 2. The molecule has 1 saturated heterocycles. The number of rotatable bonds is 9. The van der Waals surface area contributed by atoms with Crippen molar-refractivity contribution in [1.29, 1.82) is 0 Å². The van der Waals surface area contributed by atoms with Crippen LogP contribution in [0, 0.1) is 12.8 Å². The first-order valence-electron chi connectivity index (χ1n) is 9.48. The van der Waals surface area contributed by atoms with Gasteiger partial charge in [0.2, 0.25) is 11.8 Å². The Morgan fingerprint density at radius 3 is 2.56 bits per heavy atom. The van der Waals surface area contributed by atoms with Gasteiger partial charge in [-0.1, -0.05) is 26.0 Å². The first kappa shape index (κ1) is 21.7. The van der Waals surface area contributed by atoms with E-state index in [1.165, 1.54) is 11.8 Å². The first-order valence-corrected chi connectivity index (χ1v) is 10.6. The van der Waals surface area contributed by atoms with Gasteiger partial charge in [0.15, 0.2) is 0 Å². The minimum Gasteiger partial charge on any atom is -0.379 e. The molecular formula is C20H31N3O3S. The molecule has 1 heterocycles. The van der Waals surface area contributed by atoms with E-state index in [0.717, 1.165) is 37.6 Å². The van der Waals surface area contributed by atoms with Crippen molar-refractivity contribution in [2.45, 2.75) is 26.8 Å². The van der Waals surface area contributed by atoms with Gasteiger partial charge in [0.1, 0.15) is 0 Å². The van der Waals surface area contributed by atoms with Crippen molar-refractivity contribution in [3.63, 3.8) is 0 Å². The largest absolute Gasteiger partial charge is 0.379 e. The van der Waals surface area contributed by atoms with Gasteiger partial charge in [0, 0.05) is 31.4 Å². The van der Waals surface area contributed by atoms with Gasteiger partial charge in [0.05, 0.1) is 24.7 Å². The summed E-state index contributed by atoms with van der Waals surface area (Å²) in [7, 11) is 0. The zero-order valence-electron chi connectivity index (χ0n) is 16.5. The number of benzene rings is 1. The number of nitrogens with zero attached hydrogens (tertiary/aromatic N) is 1. The molecular weight excluding hydrogens is 362 g/mol. The molecule has 2 amide bonds. The monoisotopic (exact) mass is 393 g/mol. The van der Waals surface area contributed by atoms with Crippen LogP contribution in [-0.4, -0.2) is 67.1 Å². The summed E-state index contributed by atoms with van der Waals surface area (Å²) in [6.45, 7) is 10.3. The van der Waals surface area contributed by atoms with Crippen LogP contribution in [0.15, 0.2) is 24.3 Å². The van der Waals surface area contributed by atoms with Crippen LogP contribution in [-0.2, 0) is 14.3 Å². The summed E-state index contributed by atoms with van der Waals surface area (Å²) in [5.41, 5.74) is 1.88. The minimum absolute atomic E-state index is 0.0257. The highest BCUT2D eigenvalue weighted by atomic mass is 32.2. The molecule has 1 aromatic carbocycles. The van der Waals surface area contributed by atoms with Crippen LogP contribution in [0.5, 0.6) is 0 Å². The zero-order chi connectivity index (χ0) is 19.6. The van der Waals surface area contributed by atoms with Gasteiger partial charge < -0.3 is 15.4 Å². The maximum absolute atomic E-state index is 12.1. The van der Waals surface area contributed by atoms with Crippen LogP contribution in [0.4, 0.5) is 5.69 Å². The molecule has 2 N–H and O–H groups in total. The van der Waals surface area contributed by atoms with Crippen LogP contribution in [0.2, 0.25) is 0 Å². The summed E-state index contributed by atoms with van der Waals surface area (Å²) >= 11 is 1.33. The van der Waals surface area contributed by atoms with Gasteiger partial charge in [-0.25, -0.2) is 0 Å². The Balaban J connectivity index is 1.66. The fourth-order valence-corrected chi connectivity index (χ4v) is 3.77. The summed E-state index contributed by atoms with van der Waals surface area (Å²) in [6.07, 6.45) is 0. The highest BCUT2D eigenvalue weighted by molar-refractivity contribution is 8.00. The molecule has 1 fully saturated rings. The van der Waals surface area contributed by atoms with Crippen molar-refractivity contribution in [2.24, 2.45) is 5.92 Å². The molecule has 1 atom stereocenters. The quantitative estimate of drug-likeness (QED) is 0.673. The molecule has 0 radical (unpaired) electrons. The Morgan fingerprint density at radius 1 is 1.19 bits per heavy atom. The van der Waals surface area contributed by atoms with Crippen molar-refractivity contribution in [3.8, 4) is 0 Å². The van der Waals surface area contributed by atoms with Crippen LogP contribution < -0.4 is 10.6 Å². The van der Waals surface area contributed by atoms with Crippen LogP contribution in [0.1, 0.15) is 19.4 Å². The van der Waals surface area contributed by atoms with Gasteiger partial charge in [0.25, 0.3) is 0 Å². The second kappa shape index (κ2) is 11.3. The number of nitrogens with one attached hydrogen (secondary N) is 2. The number of carbonyl (C=O) groups excluding carboxylic acids is 2. The Hall–Kier alpha value is -1.57. The molecule has 0 aromatic heterocycles. The molecule has 1 aliphatic heterocycles. The molecule has 27 heavy (non-hydrogen) atoms. The van der Waals surface area contributed by atoms with Crippen LogP contribution in [0.3, 0.4) is 0 Å². The van der Waals surface area contributed by atoms with E-state index in [2.05, 4.69) is 29.4 Å². The molecule has 1 aliphatic rings. The lowest BCUT2D eigenvalue weighted by Crippen LogP contribution is -2.51. The summed E-state index contributed by atoms with van der Waals surface area (Å²) in [5.74, 6) is 0.887. The molecule has 6 nitrogen and oxygen atoms in total. The molecule has 7 heteroatoms. The lowest BCUT2D eigenvalue weighted by molar-refractivity contribution is -0.119. The fourth-order valence-electron chi connectivity index (χ4n) is 3.12. The lowest BCUT2D eigenvalue weighted by Gasteiger charge is -2.36. The van der Waals surface area contributed by atoms with E-state index in [4.69, 9.17) is 4.74 Å². The predicted octanol–water partition coefficient (Wildman–Crippen LogP) is 2.14. The Morgan fingerprint density at radius 2 is 1.89 bits per heavy atom. The van der Waals surface area contributed by atoms with Gasteiger partial charge in [-0.05, 0) is 30.5 Å². The third-order valence-corrected chi connectivity index (χ3v) is 5.49. The molecule has 1 unspecified atom stereocenters. The topological polar surface area (TPSA) is 70.7 Å². The molecule has 0 spiro atoms. The molecule has 1 aromatic rings. The number of ether oxygens (including phenoxy) is 1. The van der Waals surface area contributed by atoms with E-state index in [9.17, 15) is 9.59 Å². The van der Waals surface area contributed by atoms with Crippen LogP contribution in [0.25, 0.3) is 0 Å². The fraction of sp³-hybridized carbons (Fsp3) is 0.600. The van der Waals surface area contributed by atoms with Crippen molar-refractivity contribution in [1.82, 2.24) is 10.2 Å². The predicted molar refractivity (Wildman–Crippen MR) is 111 cm³/mol. The van der Waals surface area contributed by atoms with E-state index in [-0.39, 0.29) is 23.3 Å². The third-order valence-electron chi connectivity index (χ3n) is 4.56. The number of carbonyl (C=O) groups is 2. The van der Waals surface area contributed by atoms with Gasteiger partial charge in [-0.15, -0.1) is 11.8 Å². The van der Waals surface area contributed by atoms with Crippen molar-refractivity contribution < 1.29 is 14.3 Å². The van der Waals surface area contributed by atoms with Gasteiger partial charge >= 0.3 is 0 Å². The van der Waals surface area contributed by atoms with Gasteiger partial charge in [-0.2, -0.15) is 0 Å². The molecule has 0 bridgehead atoms. The molecule has 0 aliphatic carbocycles.